The number of hydrogen-bond acceptors (Lipinski definition) is 5. The van der Waals surface area contributed by atoms with E-state index < -0.39 is 5.97 Å². The average molecular weight is 320 g/mol. The standard InChI is InChI=1S/C16H20N2O5/c1-9-15(10(2)18(17-9)8-14(19)20)11-6-12(21-3)16(23-5)13(7-11)22-4/h6-7H,8H2,1-5H3,(H,19,20). The van der Waals surface area contributed by atoms with Crippen molar-refractivity contribution in [1.82, 2.24) is 9.78 Å². The molecule has 0 radical (unpaired) electrons. The number of hydrogen-bond donors (Lipinski definition) is 1. The van der Waals surface area contributed by atoms with E-state index in [1.165, 1.54) is 4.68 Å². The maximum Gasteiger partial charge on any atom is 0.325 e. The lowest BCUT2D eigenvalue weighted by atomic mass is 10.0. The zero-order valence-corrected chi connectivity index (χ0v) is 13.8. The molecule has 7 heteroatoms. The predicted octanol–water partition coefficient (Wildman–Crippen LogP) is 2.28. The fraction of sp³-hybridized carbons (Fsp3) is 0.375. The van der Waals surface area contributed by atoms with Crippen LogP contribution >= 0.6 is 0 Å². The van der Waals surface area contributed by atoms with Crippen molar-refractivity contribution >= 4 is 5.97 Å². The van der Waals surface area contributed by atoms with Crippen LogP contribution in [0, 0.1) is 13.8 Å². The Morgan fingerprint density at radius 1 is 1.13 bits per heavy atom. The maximum absolute atomic E-state index is 10.9. The lowest BCUT2D eigenvalue weighted by molar-refractivity contribution is -0.137. The number of carbonyl (C=O) groups is 1. The van der Waals surface area contributed by atoms with Crippen molar-refractivity contribution in [3.8, 4) is 28.4 Å². The molecule has 2 rings (SSSR count). The van der Waals surface area contributed by atoms with E-state index >= 15 is 0 Å². The number of aliphatic carboxylic acids is 1. The number of benzene rings is 1. The van der Waals surface area contributed by atoms with Crippen LogP contribution in [0.3, 0.4) is 0 Å². The third-order valence-corrected chi connectivity index (χ3v) is 3.62. The lowest BCUT2D eigenvalue weighted by Gasteiger charge is -2.14. The highest BCUT2D eigenvalue weighted by atomic mass is 16.5. The second kappa shape index (κ2) is 6.60. The van der Waals surface area contributed by atoms with Crippen molar-refractivity contribution in [2.45, 2.75) is 20.4 Å². The molecule has 124 valence electrons. The van der Waals surface area contributed by atoms with Gasteiger partial charge in [-0.1, -0.05) is 0 Å². The molecule has 2 aromatic rings. The molecule has 1 aromatic carbocycles. The van der Waals surface area contributed by atoms with E-state index in [1.807, 2.05) is 26.0 Å². The van der Waals surface area contributed by atoms with Crippen LogP contribution in [-0.2, 0) is 11.3 Å². The van der Waals surface area contributed by atoms with Crippen molar-refractivity contribution in [2.24, 2.45) is 0 Å². The van der Waals surface area contributed by atoms with E-state index in [0.717, 1.165) is 22.5 Å². The van der Waals surface area contributed by atoms with Crippen LogP contribution in [0.4, 0.5) is 0 Å². The summed E-state index contributed by atoms with van der Waals surface area (Å²) >= 11 is 0. The topological polar surface area (TPSA) is 82.8 Å². The molecular weight excluding hydrogens is 300 g/mol. The molecule has 1 N–H and O–H groups in total. The van der Waals surface area contributed by atoms with Crippen LogP contribution < -0.4 is 14.2 Å². The van der Waals surface area contributed by atoms with Gasteiger partial charge in [0.1, 0.15) is 6.54 Å². The van der Waals surface area contributed by atoms with Crippen LogP contribution in [0.1, 0.15) is 11.4 Å². The number of rotatable bonds is 6. The lowest BCUT2D eigenvalue weighted by Crippen LogP contribution is -2.11. The second-order valence-corrected chi connectivity index (χ2v) is 5.01. The quantitative estimate of drug-likeness (QED) is 0.879. The second-order valence-electron chi connectivity index (χ2n) is 5.01. The fourth-order valence-electron chi connectivity index (χ4n) is 2.62. The highest BCUT2D eigenvalue weighted by molar-refractivity contribution is 5.75. The summed E-state index contributed by atoms with van der Waals surface area (Å²) < 4.78 is 17.5. The van der Waals surface area contributed by atoms with Gasteiger partial charge in [-0.2, -0.15) is 5.10 Å². The predicted molar refractivity (Wildman–Crippen MR) is 84.4 cm³/mol. The number of carboxylic acid groups (broad SMARTS) is 1. The van der Waals surface area contributed by atoms with Gasteiger partial charge in [0.15, 0.2) is 11.5 Å². The van der Waals surface area contributed by atoms with E-state index in [1.54, 1.807) is 21.3 Å². The molecule has 0 aliphatic rings. The molecule has 0 spiro atoms. The molecule has 23 heavy (non-hydrogen) atoms. The number of methoxy groups -OCH3 is 3. The summed E-state index contributed by atoms with van der Waals surface area (Å²) in [5.41, 5.74) is 3.17. The van der Waals surface area contributed by atoms with Crippen molar-refractivity contribution in [3.63, 3.8) is 0 Å². The van der Waals surface area contributed by atoms with Crippen LogP contribution in [0.5, 0.6) is 17.2 Å². The molecule has 1 aromatic heterocycles. The Hall–Kier alpha value is -2.70. The molecule has 0 atom stereocenters. The maximum atomic E-state index is 10.9. The SMILES string of the molecule is COc1cc(-c2c(C)nn(CC(=O)O)c2C)cc(OC)c1OC. The molecule has 0 saturated carbocycles. The first-order valence-corrected chi connectivity index (χ1v) is 6.99. The minimum absolute atomic E-state index is 0.183. The van der Waals surface area contributed by atoms with Crippen LogP contribution in [0.25, 0.3) is 11.1 Å². The summed E-state index contributed by atoms with van der Waals surface area (Å²) in [7, 11) is 4.64. The number of nitrogens with zero attached hydrogens (tertiary/aromatic N) is 2. The van der Waals surface area contributed by atoms with Gasteiger partial charge in [-0.25, -0.2) is 0 Å². The van der Waals surface area contributed by atoms with Crippen molar-refractivity contribution in [2.75, 3.05) is 21.3 Å². The average Bonchev–Trinajstić information content (AvgIpc) is 2.79. The number of aryl methyl sites for hydroxylation is 1. The van der Waals surface area contributed by atoms with Gasteiger partial charge < -0.3 is 19.3 Å². The zero-order chi connectivity index (χ0) is 17.1. The highest BCUT2D eigenvalue weighted by Gasteiger charge is 2.19. The van der Waals surface area contributed by atoms with Gasteiger partial charge in [-0.05, 0) is 31.5 Å². The summed E-state index contributed by atoms with van der Waals surface area (Å²) in [6, 6.07) is 3.65. The summed E-state index contributed by atoms with van der Waals surface area (Å²) in [5.74, 6) is 0.636. The molecule has 0 fully saturated rings. The minimum Gasteiger partial charge on any atom is -0.493 e. The third kappa shape index (κ3) is 3.08. The van der Waals surface area contributed by atoms with Crippen LogP contribution in [0.2, 0.25) is 0 Å². The summed E-state index contributed by atoms with van der Waals surface area (Å²) in [5, 5.41) is 13.3. The van der Waals surface area contributed by atoms with Crippen LogP contribution in [-0.4, -0.2) is 42.2 Å². The Morgan fingerprint density at radius 3 is 2.13 bits per heavy atom. The first-order valence-electron chi connectivity index (χ1n) is 6.99. The Kier molecular flexibility index (Phi) is 4.78. The highest BCUT2D eigenvalue weighted by Crippen LogP contribution is 2.42. The van der Waals surface area contributed by atoms with Gasteiger partial charge in [0, 0.05) is 11.3 Å². The van der Waals surface area contributed by atoms with E-state index in [4.69, 9.17) is 19.3 Å². The van der Waals surface area contributed by atoms with Gasteiger partial charge in [-0.3, -0.25) is 9.48 Å². The van der Waals surface area contributed by atoms with Gasteiger partial charge in [0.05, 0.1) is 27.0 Å². The third-order valence-electron chi connectivity index (χ3n) is 3.62. The smallest absolute Gasteiger partial charge is 0.325 e. The minimum atomic E-state index is -0.938. The van der Waals surface area contributed by atoms with Gasteiger partial charge in [-0.15, -0.1) is 0 Å². The molecule has 0 saturated heterocycles. The Balaban J connectivity index is 2.63. The molecular formula is C16H20N2O5. The first kappa shape index (κ1) is 16.7. The van der Waals surface area contributed by atoms with E-state index in [0.29, 0.717) is 17.2 Å². The van der Waals surface area contributed by atoms with Crippen molar-refractivity contribution < 1.29 is 24.1 Å². The first-order chi connectivity index (χ1) is 10.9. The Morgan fingerprint density at radius 2 is 1.70 bits per heavy atom. The van der Waals surface area contributed by atoms with Gasteiger partial charge >= 0.3 is 5.97 Å². The fourth-order valence-corrected chi connectivity index (χ4v) is 2.62. The van der Waals surface area contributed by atoms with E-state index in [9.17, 15) is 4.79 Å². The number of carboxylic acids is 1. The van der Waals surface area contributed by atoms with E-state index in [-0.39, 0.29) is 6.54 Å². The van der Waals surface area contributed by atoms with Crippen LogP contribution in [0.15, 0.2) is 12.1 Å². The normalized spacial score (nSPS) is 10.5. The molecule has 0 aliphatic heterocycles. The Labute approximate surface area is 134 Å². The number of aromatic nitrogens is 2. The van der Waals surface area contributed by atoms with Gasteiger partial charge in [0.2, 0.25) is 5.75 Å². The monoisotopic (exact) mass is 320 g/mol. The molecule has 0 amide bonds. The zero-order valence-electron chi connectivity index (χ0n) is 13.8. The number of ether oxygens (including phenoxy) is 3. The Bertz CT molecular complexity index is 711. The summed E-state index contributed by atoms with van der Waals surface area (Å²) in [6.07, 6.45) is 0. The van der Waals surface area contributed by atoms with Crippen molar-refractivity contribution in [1.29, 1.82) is 0 Å². The molecule has 0 bridgehead atoms. The summed E-state index contributed by atoms with van der Waals surface area (Å²) in [4.78, 5) is 10.9. The van der Waals surface area contributed by atoms with E-state index in [2.05, 4.69) is 5.10 Å². The molecule has 0 unspecified atom stereocenters. The largest absolute Gasteiger partial charge is 0.493 e. The van der Waals surface area contributed by atoms with Crippen molar-refractivity contribution in [3.05, 3.63) is 23.5 Å². The van der Waals surface area contributed by atoms with Gasteiger partial charge in [0.25, 0.3) is 0 Å². The summed E-state index contributed by atoms with van der Waals surface area (Å²) in [6.45, 7) is 3.49. The molecule has 0 aliphatic carbocycles. The molecule has 7 nitrogen and oxygen atoms in total. The molecule has 1 heterocycles.